The lowest BCUT2D eigenvalue weighted by Gasteiger charge is -2.16. The van der Waals surface area contributed by atoms with Gasteiger partial charge in [-0.2, -0.15) is 5.10 Å². The van der Waals surface area contributed by atoms with Gasteiger partial charge in [-0.15, -0.1) is 0 Å². The van der Waals surface area contributed by atoms with Gasteiger partial charge in [-0.3, -0.25) is 9.67 Å². The molecule has 10 nitrogen and oxygen atoms in total. The van der Waals surface area contributed by atoms with Gasteiger partial charge in [0.15, 0.2) is 0 Å². The molecule has 0 aromatic carbocycles. The summed E-state index contributed by atoms with van der Waals surface area (Å²) in [6.07, 6.45) is 4.32. The van der Waals surface area contributed by atoms with Crippen LogP contribution >= 0.6 is 0 Å². The number of amides is 4. The van der Waals surface area contributed by atoms with Crippen LogP contribution in [0.25, 0.3) is 11.3 Å². The summed E-state index contributed by atoms with van der Waals surface area (Å²) >= 11 is 0. The number of aromatic nitrogens is 3. The van der Waals surface area contributed by atoms with E-state index >= 15 is 0 Å². The molecule has 2 aromatic heterocycles. The van der Waals surface area contributed by atoms with E-state index in [1.807, 2.05) is 25.1 Å². The molecule has 0 unspecified atom stereocenters. The van der Waals surface area contributed by atoms with Crippen LogP contribution in [0.15, 0.2) is 30.6 Å². The number of urea groups is 2. The standard InChI is InChI=1S/C16H20N6O4S/c1-12-11-14(13-3-5-17-6-4-13)19-21(12)8-7-18-15(23)20-9-10-22(16(20)24)27(2,25)26/h3-6,11H,7-10H2,1-2H3,(H,18,23). The van der Waals surface area contributed by atoms with Crippen molar-refractivity contribution in [1.82, 2.24) is 29.3 Å². The van der Waals surface area contributed by atoms with Gasteiger partial charge in [-0.05, 0) is 25.1 Å². The number of carbonyl (C=O) groups excluding carboxylic acids is 2. The number of nitrogens with zero attached hydrogens (tertiary/aromatic N) is 5. The van der Waals surface area contributed by atoms with Crippen molar-refractivity contribution in [2.75, 3.05) is 25.9 Å². The van der Waals surface area contributed by atoms with E-state index in [1.165, 1.54) is 0 Å². The van der Waals surface area contributed by atoms with Crippen molar-refractivity contribution >= 4 is 22.1 Å². The summed E-state index contributed by atoms with van der Waals surface area (Å²) in [4.78, 5) is 29.1. The lowest BCUT2D eigenvalue weighted by molar-refractivity contribution is 0.193. The maximum Gasteiger partial charge on any atom is 0.341 e. The molecule has 3 rings (SSSR count). The fourth-order valence-electron chi connectivity index (χ4n) is 2.78. The molecule has 11 heteroatoms. The zero-order valence-electron chi connectivity index (χ0n) is 15.0. The normalized spacial score (nSPS) is 14.7. The number of aryl methyl sites for hydroxylation is 1. The van der Waals surface area contributed by atoms with E-state index in [4.69, 9.17) is 0 Å². The van der Waals surface area contributed by atoms with Crippen LogP contribution < -0.4 is 5.32 Å². The minimum absolute atomic E-state index is 0.0291. The molecule has 1 aliphatic rings. The van der Waals surface area contributed by atoms with Gasteiger partial charge in [0.1, 0.15) is 0 Å². The second-order valence-corrected chi connectivity index (χ2v) is 8.04. The Morgan fingerprint density at radius 3 is 2.59 bits per heavy atom. The van der Waals surface area contributed by atoms with E-state index in [0.717, 1.165) is 28.1 Å². The first-order valence-corrected chi connectivity index (χ1v) is 10.1. The third-order valence-corrected chi connectivity index (χ3v) is 5.31. The Bertz CT molecular complexity index is 957. The predicted octanol–water partition coefficient (Wildman–Crippen LogP) is 0.660. The minimum Gasteiger partial charge on any atom is -0.336 e. The number of imide groups is 1. The van der Waals surface area contributed by atoms with Crippen LogP contribution in [0.5, 0.6) is 0 Å². The highest BCUT2D eigenvalue weighted by Crippen LogP contribution is 2.17. The maximum atomic E-state index is 12.2. The second kappa shape index (κ2) is 7.35. The smallest absolute Gasteiger partial charge is 0.336 e. The van der Waals surface area contributed by atoms with E-state index in [-0.39, 0.29) is 19.6 Å². The van der Waals surface area contributed by atoms with Crippen LogP contribution in [0.3, 0.4) is 0 Å². The highest BCUT2D eigenvalue weighted by molar-refractivity contribution is 7.88. The van der Waals surface area contributed by atoms with E-state index in [1.54, 1.807) is 17.1 Å². The Morgan fingerprint density at radius 2 is 1.96 bits per heavy atom. The van der Waals surface area contributed by atoms with E-state index in [2.05, 4.69) is 15.4 Å². The summed E-state index contributed by atoms with van der Waals surface area (Å²) in [6, 6.07) is 4.21. The van der Waals surface area contributed by atoms with Crippen molar-refractivity contribution in [3.05, 3.63) is 36.3 Å². The van der Waals surface area contributed by atoms with Gasteiger partial charge in [0.25, 0.3) is 0 Å². The molecule has 27 heavy (non-hydrogen) atoms. The molecule has 1 fully saturated rings. The predicted molar refractivity (Wildman–Crippen MR) is 97.2 cm³/mol. The minimum atomic E-state index is -3.67. The van der Waals surface area contributed by atoms with Crippen molar-refractivity contribution in [3.8, 4) is 11.3 Å². The fraction of sp³-hybridized carbons (Fsp3) is 0.375. The summed E-state index contributed by atoms with van der Waals surface area (Å²) in [6.45, 7) is 2.58. The lowest BCUT2D eigenvalue weighted by Crippen LogP contribution is -2.44. The zero-order chi connectivity index (χ0) is 19.6. The number of rotatable bonds is 5. The first-order valence-electron chi connectivity index (χ1n) is 8.29. The first-order chi connectivity index (χ1) is 12.8. The molecule has 1 N–H and O–H groups in total. The fourth-order valence-corrected chi connectivity index (χ4v) is 3.57. The average molecular weight is 392 g/mol. The second-order valence-electron chi connectivity index (χ2n) is 6.13. The molecule has 144 valence electrons. The molecular weight excluding hydrogens is 372 g/mol. The zero-order valence-corrected chi connectivity index (χ0v) is 15.8. The van der Waals surface area contributed by atoms with Crippen molar-refractivity contribution in [3.63, 3.8) is 0 Å². The molecule has 0 radical (unpaired) electrons. The number of sulfonamides is 1. The van der Waals surface area contributed by atoms with Gasteiger partial charge >= 0.3 is 12.1 Å². The van der Waals surface area contributed by atoms with Gasteiger partial charge in [0.2, 0.25) is 10.0 Å². The Hall–Kier alpha value is -2.95. The van der Waals surface area contributed by atoms with Gasteiger partial charge in [-0.25, -0.2) is 27.2 Å². The van der Waals surface area contributed by atoms with Crippen molar-refractivity contribution in [1.29, 1.82) is 0 Å². The lowest BCUT2D eigenvalue weighted by atomic mass is 10.2. The highest BCUT2D eigenvalue weighted by Gasteiger charge is 2.37. The Labute approximate surface area is 156 Å². The van der Waals surface area contributed by atoms with E-state index in [0.29, 0.717) is 10.8 Å². The highest BCUT2D eigenvalue weighted by atomic mass is 32.2. The summed E-state index contributed by atoms with van der Waals surface area (Å²) in [5.74, 6) is 0. The number of hydrogen-bond donors (Lipinski definition) is 1. The molecule has 0 spiro atoms. The molecule has 0 atom stereocenters. The van der Waals surface area contributed by atoms with Gasteiger partial charge in [0, 0.05) is 30.2 Å². The molecule has 0 saturated carbocycles. The van der Waals surface area contributed by atoms with Crippen LogP contribution in [-0.2, 0) is 16.6 Å². The van der Waals surface area contributed by atoms with Crippen molar-refractivity contribution in [2.24, 2.45) is 0 Å². The quantitative estimate of drug-likeness (QED) is 0.799. The molecular formula is C16H20N6O4S. The third kappa shape index (κ3) is 4.08. The molecule has 1 saturated heterocycles. The van der Waals surface area contributed by atoms with Crippen LogP contribution in [0.1, 0.15) is 5.69 Å². The van der Waals surface area contributed by atoms with E-state index < -0.39 is 22.1 Å². The summed E-state index contributed by atoms with van der Waals surface area (Å²) in [7, 11) is -3.67. The molecule has 0 bridgehead atoms. The summed E-state index contributed by atoms with van der Waals surface area (Å²) in [5.41, 5.74) is 2.68. The number of pyridine rings is 1. The maximum absolute atomic E-state index is 12.2. The van der Waals surface area contributed by atoms with Crippen molar-refractivity contribution in [2.45, 2.75) is 13.5 Å². The van der Waals surface area contributed by atoms with Crippen LogP contribution in [0.2, 0.25) is 0 Å². The monoisotopic (exact) mass is 392 g/mol. The van der Waals surface area contributed by atoms with Gasteiger partial charge in [-0.1, -0.05) is 0 Å². The molecule has 1 aliphatic heterocycles. The molecule has 4 amide bonds. The number of nitrogens with one attached hydrogen (secondary N) is 1. The Balaban J connectivity index is 1.57. The Morgan fingerprint density at radius 1 is 1.26 bits per heavy atom. The molecule has 3 heterocycles. The van der Waals surface area contributed by atoms with E-state index in [9.17, 15) is 18.0 Å². The SMILES string of the molecule is Cc1cc(-c2ccncc2)nn1CCNC(=O)N1CCN(S(C)(=O)=O)C1=O. The third-order valence-electron chi connectivity index (χ3n) is 4.17. The first kappa shape index (κ1) is 18.8. The molecule has 0 aliphatic carbocycles. The van der Waals surface area contributed by atoms with Crippen LogP contribution in [0, 0.1) is 6.92 Å². The van der Waals surface area contributed by atoms with Crippen LogP contribution in [0.4, 0.5) is 9.59 Å². The molecule has 2 aromatic rings. The summed E-state index contributed by atoms with van der Waals surface area (Å²) in [5, 5.41) is 7.13. The number of hydrogen-bond acceptors (Lipinski definition) is 6. The number of carbonyl (C=O) groups is 2. The largest absolute Gasteiger partial charge is 0.341 e. The average Bonchev–Trinajstić information content (AvgIpc) is 3.18. The topological polar surface area (TPSA) is 118 Å². The Kier molecular flexibility index (Phi) is 5.13. The summed E-state index contributed by atoms with van der Waals surface area (Å²) < 4.78 is 25.4. The van der Waals surface area contributed by atoms with Gasteiger partial charge in [0.05, 0.1) is 31.6 Å². The van der Waals surface area contributed by atoms with Crippen LogP contribution in [-0.4, -0.2) is 70.3 Å². The van der Waals surface area contributed by atoms with Gasteiger partial charge < -0.3 is 5.32 Å². The van der Waals surface area contributed by atoms with Crippen molar-refractivity contribution < 1.29 is 18.0 Å².